The summed E-state index contributed by atoms with van der Waals surface area (Å²) >= 11 is 1.88. The van der Waals surface area contributed by atoms with Crippen molar-refractivity contribution in [3.8, 4) is 0 Å². The van der Waals surface area contributed by atoms with Gasteiger partial charge in [-0.05, 0) is 52.5 Å². The van der Waals surface area contributed by atoms with Crippen LogP contribution in [0.25, 0.3) is 0 Å². The third kappa shape index (κ3) is 7.93. The maximum absolute atomic E-state index is 4.32. The number of nitrogens with one attached hydrogen (secondary N) is 2. The van der Waals surface area contributed by atoms with E-state index in [4.69, 9.17) is 0 Å². The van der Waals surface area contributed by atoms with Crippen molar-refractivity contribution < 1.29 is 0 Å². The zero-order chi connectivity index (χ0) is 15.0. The fourth-order valence-corrected chi connectivity index (χ4v) is 2.66. The van der Waals surface area contributed by atoms with E-state index in [9.17, 15) is 0 Å². The molecule has 0 aliphatic carbocycles. The first kappa shape index (κ1) is 21.3. The molecule has 0 amide bonds. The molecule has 1 aliphatic heterocycles. The van der Waals surface area contributed by atoms with Crippen LogP contribution in [0.4, 0.5) is 0 Å². The number of aliphatic imine (C=N–C) groups is 1. The number of rotatable bonds is 7. The van der Waals surface area contributed by atoms with Crippen molar-refractivity contribution in [1.82, 2.24) is 15.5 Å². The topological polar surface area (TPSA) is 39.7 Å². The second kappa shape index (κ2) is 10.9. The Morgan fingerprint density at radius 2 is 1.90 bits per heavy atom. The molecule has 0 aromatic rings. The molecule has 0 radical (unpaired) electrons. The van der Waals surface area contributed by atoms with E-state index < -0.39 is 0 Å². The summed E-state index contributed by atoms with van der Waals surface area (Å²) in [6, 6.07) is 0.629. The molecule has 4 nitrogen and oxygen atoms in total. The molecule has 0 aromatic carbocycles. The van der Waals surface area contributed by atoms with E-state index in [1.807, 2.05) is 18.8 Å². The van der Waals surface area contributed by atoms with Gasteiger partial charge in [0.05, 0.1) is 0 Å². The Balaban J connectivity index is 0.00000400. The number of guanidine groups is 1. The second-order valence-electron chi connectivity index (χ2n) is 6.08. The average molecular weight is 428 g/mol. The highest BCUT2D eigenvalue weighted by molar-refractivity contribution is 14.0. The van der Waals surface area contributed by atoms with Crippen LogP contribution in [0.1, 0.15) is 40.0 Å². The van der Waals surface area contributed by atoms with E-state index in [0.717, 1.165) is 19.0 Å². The van der Waals surface area contributed by atoms with E-state index in [1.165, 1.54) is 32.4 Å². The van der Waals surface area contributed by atoms with Crippen LogP contribution >= 0.6 is 35.7 Å². The number of likely N-dealkylation sites (tertiary alicyclic amines) is 1. The Kier molecular flexibility index (Phi) is 11.1. The quantitative estimate of drug-likeness (QED) is 0.372. The predicted octanol–water partition coefficient (Wildman–Crippen LogP) is 2.79. The van der Waals surface area contributed by atoms with Gasteiger partial charge in [-0.3, -0.25) is 9.89 Å². The van der Waals surface area contributed by atoms with Gasteiger partial charge in [-0.1, -0.05) is 6.92 Å². The van der Waals surface area contributed by atoms with Gasteiger partial charge in [-0.25, -0.2) is 0 Å². The lowest BCUT2D eigenvalue weighted by Gasteiger charge is -2.28. The van der Waals surface area contributed by atoms with Crippen LogP contribution in [0.5, 0.6) is 0 Å². The molecule has 1 aliphatic rings. The first-order valence-electron chi connectivity index (χ1n) is 7.76. The molecule has 0 saturated carbocycles. The molecule has 1 saturated heterocycles. The largest absolute Gasteiger partial charge is 0.355 e. The lowest BCUT2D eigenvalue weighted by atomic mass is 10.2. The normalized spacial score (nSPS) is 18.2. The van der Waals surface area contributed by atoms with Crippen LogP contribution < -0.4 is 10.6 Å². The van der Waals surface area contributed by atoms with Gasteiger partial charge < -0.3 is 10.6 Å². The summed E-state index contributed by atoms with van der Waals surface area (Å²) in [6.45, 7) is 11.2. The van der Waals surface area contributed by atoms with Crippen molar-refractivity contribution in [1.29, 1.82) is 0 Å². The molecular weight excluding hydrogens is 395 g/mol. The molecule has 2 N–H and O–H groups in total. The minimum atomic E-state index is 0. The smallest absolute Gasteiger partial charge is 0.191 e. The lowest BCUT2D eigenvalue weighted by Crippen LogP contribution is -2.48. The highest BCUT2D eigenvalue weighted by Crippen LogP contribution is 2.19. The second-order valence-corrected chi connectivity index (χ2v) is 7.59. The Hall–Kier alpha value is 0.310. The first-order valence-corrected chi connectivity index (χ1v) is 8.98. The van der Waals surface area contributed by atoms with Gasteiger partial charge in [0.25, 0.3) is 0 Å². The Morgan fingerprint density at radius 3 is 2.38 bits per heavy atom. The Bertz CT molecular complexity index is 304. The van der Waals surface area contributed by atoms with Crippen molar-refractivity contribution in [3.05, 3.63) is 0 Å². The van der Waals surface area contributed by atoms with Crippen LogP contribution in [0, 0.1) is 0 Å². The lowest BCUT2D eigenvalue weighted by molar-refractivity contribution is 0.236. The van der Waals surface area contributed by atoms with Crippen LogP contribution in [-0.4, -0.2) is 61.1 Å². The molecular formula is C15H33IN4S. The van der Waals surface area contributed by atoms with Gasteiger partial charge in [0, 0.05) is 30.9 Å². The highest BCUT2D eigenvalue weighted by atomic mass is 127. The fourth-order valence-electron chi connectivity index (χ4n) is 2.44. The Labute approximate surface area is 152 Å². The van der Waals surface area contributed by atoms with Crippen LogP contribution in [-0.2, 0) is 0 Å². The van der Waals surface area contributed by atoms with Crippen molar-refractivity contribution in [2.45, 2.75) is 50.8 Å². The standard InChI is InChI=1S/C15H32N4S.HI/c1-6-13(19-9-7-8-10-19)11-17-14(16-4)18-12-15(2,3)20-5;/h13H,6-12H2,1-5H3,(H2,16,17,18);1H. The van der Waals surface area contributed by atoms with Crippen LogP contribution in [0.2, 0.25) is 0 Å². The molecule has 126 valence electrons. The minimum absolute atomic E-state index is 0. The molecule has 0 spiro atoms. The predicted molar refractivity (Wildman–Crippen MR) is 107 cm³/mol. The van der Waals surface area contributed by atoms with Crippen LogP contribution in [0.15, 0.2) is 4.99 Å². The number of thioether (sulfide) groups is 1. The number of hydrogen-bond acceptors (Lipinski definition) is 3. The average Bonchev–Trinajstić information content (AvgIpc) is 2.97. The number of hydrogen-bond donors (Lipinski definition) is 2. The number of nitrogens with zero attached hydrogens (tertiary/aromatic N) is 2. The summed E-state index contributed by atoms with van der Waals surface area (Å²) in [6.07, 6.45) is 6.05. The maximum Gasteiger partial charge on any atom is 0.191 e. The molecule has 1 heterocycles. The molecule has 0 aromatic heterocycles. The summed E-state index contributed by atoms with van der Waals surface area (Å²) in [7, 11) is 1.85. The molecule has 1 rings (SSSR count). The summed E-state index contributed by atoms with van der Waals surface area (Å²) in [5, 5.41) is 6.91. The van der Waals surface area contributed by atoms with Gasteiger partial charge in [-0.15, -0.1) is 24.0 Å². The maximum atomic E-state index is 4.32. The van der Waals surface area contributed by atoms with Gasteiger partial charge >= 0.3 is 0 Å². The van der Waals surface area contributed by atoms with Gasteiger partial charge in [0.2, 0.25) is 0 Å². The zero-order valence-corrected chi connectivity index (χ0v) is 17.4. The van der Waals surface area contributed by atoms with Crippen molar-refractivity contribution >= 4 is 41.7 Å². The third-order valence-electron chi connectivity index (χ3n) is 4.09. The van der Waals surface area contributed by atoms with Gasteiger partial charge in [0.1, 0.15) is 0 Å². The SMILES string of the molecule is CCC(CNC(=NC)NCC(C)(C)SC)N1CCCC1.I. The highest BCUT2D eigenvalue weighted by Gasteiger charge is 2.21. The molecule has 0 bridgehead atoms. The molecule has 21 heavy (non-hydrogen) atoms. The summed E-state index contributed by atoms with van der Waals surface area (Å²) in [5.74, 6) is 0.921. The van der Waals surface area contributed by atoms with Crippen molar-refractivity contribution in [3.63, 3.8) is 0 Å². The minimum Gasteiger partial charge on any atom is -0.355 e. The molecule has 1 unspecified atom stereocenters. The monoisotopic (exact) mass is 428 g/mol. The van der Waals surface area contributed by atoms with Crippen LogP contribution in [0.3, 0.4) is 0 Å². The van der Waals surface area contributed by atoms with E-state index in [-0.39, 0.29) is 28.7 Å². The van der Waals surface area contributed by atoms with E-state index in [0.29, 0.717) is 6.04 Å². The molecule has 1 fully saturated rings. The van der Waals surface area contributed by atoms with E-state index in [2.05, 4.69) is 47.6 Å². The van der Waals surface area contributed by atoms with E-state index in [1.54, 1.807) is 0 Å². The van der Waals surface area contributed by atoms with Crippen molar-refractivity contribution in [2.24, 2.45) is 4.99 Å². The van der Waals surface area contributed by atoms with E-state index >= 15 is 0 Å². The number of halogens is 1. The van der Waals surface area contributed by atoms with Gasteiger partial charge in [-0.2, -0.15) is 11.8 Å². The van der Waals surface area contributed by atoms with Crippen molar-refractivity contribution in [2.75, 3.05) is 39.5 Å². The third-order valence-corrected chi connectivity index (χ3v) is 5.34. The summed E-state index contributed by atoms with van der Waals surface area (Å²) in [5.41, 5.74) is 0. The van der Waals surface area contributed by atoms with Gasteiger partial charge in [0.15, 0.2) is 5.96 Å². The molecule has 1 atom stereocenters. The summed E-state index contributed by atoms with van der Waals surface area (Å²) < 4.78 is 0.233. The fraction of sp³-hybridized carbons (Fsp3) is 0.933. The first-order chi connectivity index (χ1) is 9.52. The summed E-state index contributed by atoms with van der Waals surface area (Å²) in [4.78, 5) is 6.93. The molecule has 6 heteroatoms. The zero-order valence-electron chi connectivity index (χ0n) is 14.2. The Morgan fingerprint density at radius 1 is 1.29 bits per heavy atom.